The molecule has 3 aromatic carbocycles. The zero-order chi connectivity index (χ0) is 22.6. The molecule has 3 aromatic rings. The minimum Gasteiger partial charge on any atom is -0.348 e. The predicted octanol–water partition coefficient (Wildman–Crippen LogP) is 4.69. The molecule has 0 saturated heterocycles. The first kappa shape index (κ1) is 22.7. The van der Waals surface area contributed by atoms with Crippen molar-refractivity contribution >= 4 is 33.2 Å². The quantitative estimate of drug-likeness (QED) is 0.551. The molecule has 0 heterocycles. The summed E-state index contributed by atoms with van der Waals surface area (Å²) in [5, 5.41) is 2.42. The number of anilines is 1. The van der Waals surface area contributed by atoms with Crippen molar-refractivity contribution < 1.29 is 22.0 Å². The van der Waals surface area contributed by atoms with Gasteiger partial charge in [0.2, 0.25) is 5.91 Å². The normalized spacial score (nSPS) is 12.3. The Morgan fingerprint density at radius 3 is 2.29 bits per heavy atom. The zero-order valence-electron chi connectivity index (χ0n) is 16.4. The first-order valence-corrected chi connectivity index (χ1v) is 11.1. The number of hydrogen-bond donors (Lipinski definition) is 1. The van der Waals surface area contributed by atoms with E-state index in [0.29, 0.717) is 5.56 Å². The van der Waals surface area contributed by atoms with Crippen LogP contribution in [0.5, 0.6) is 0 Å². The van der Waals surface area contributed by atoms with Gasteiger partial charge in [-0.3, -0.25) is 9.10 Å². The Bertz CT molecular complexity index is 1170. The van der Waals surface area contributed by atoms with E-state index in [0.717, 1.165) is 16.4 Å². The fraction of sp³-hybridized carbons (Fsp3) is 0.136. The summed E-state index contributed by atoms with van der Waals surface area (Å²) in [5.41, 5.74) is 0.692. The summed E-state index contributed by atoms with van der Waals surface area (Å²) in [5.74, 6) is -1.72. The number of carbonyl (C=O) groups is 1. The topological polar surface area (TPSA) is 66.5 Å². The lowest BCUT2D eigenvalue weighted by atomic mass is 10.1. The lowest BCUT2D eigenvalue weighted by Gasteiger charge is -2.25. The number of rotatable bonds is 7. The number of nitrogens with one attached hydrogen (secondary N) is 1. The van der Waals surface area contributed by atoms with Crippen molar-refractivity contribution in [2.24, 2.45) is 0 Å². The highest BCUT2D eigenvalue weighted by Gasteiger charge is 2.28. The van der Waals surface area contributed by atoms with Crippen LogP contribution in [0, 0.1) is 11.6 Å². The van der Waals surface area contributed by atoms with E-state index in [-0.39, 0.29) is 15.6 Å². The van der Waals surface area contributed by atoms with Crippen molar-refractivity contribution in [2.45, 2.75) is 17.9 Å². The van der Waals surface area contributed by atoms with Gasteiger partial charge in [0, 0.05) is 0 Å². The number of hydrogen-bond acceptors (Lipinski definition) is 3. The summed E-state index contributed by atoms with van der Waals surface area (Å²) in [7, 11) is -4.14. The zero-order valence-corrected chi connectivity index (χ0v) is 18.0. The van der Waals surface area contributed by atoms with Gasteiger partial charge in [0.1, 0.15) is 18.2 Å². The van der Waals surface area contributed by atoms with Gasteiger partial charge < -0.3 is 5.32 Å². The molecule has 0 radical (unpaired) electrons. The van der Waals surface area contributed by atoms with Crippen LogP contribution in [-0.2, 0) is 14.8 Å². The summed E-state index contributed by atoms with van der Waals surface area (Å²) < 4.78 is 54.1. The Morgan fingerprint density at radius 1 is 1.03 bits per heavy atom. The molecule has 5 nitrogen and oxygen atoms in total. The second-order valence-electron chi connectivity index (χ2n) is 6.76. The number of carbonyl (C=O) groups excluding carboxylic acids is 1. The van der Waals surface area contributed by atoms with E-state index >= 15 is 0 Å². The largest absolute Gasteiger partial charge is 0.348 e. The number of benzene rings is 3. The molecule has 1 amide bonds. The highest BCUT2D eigenvalue weighted by atomic mass is 35.5. The van der Waals surface area contributed by atoms with E-state index in [1.54, 1.807) is 25.1 Å². The van der Waals surface area contributed by atoms with E-state index < -0.39 is 40.2 Å². The Kier molecular flexibility index (Phi) is 6.92. The van der Waals surface area contributed by atoms with Gasteiger partial charge in [-0.2, -0.15) is 0 Å². The maximum absolute atomic E-state index is 13.6. The predicted molar refractivity (Wildman–Crippen MR) is 115 cm³/mol. The first-order valence-electron chi connectivity index (χ1n) is 9.26. The van der Waals surface area contributed by atoms with Crippen LogP contribution in [0.15, 0.2) is 77.7 Å². The number of sulfonamides is 1. The second kappa shape index (κ2) is 9.45. The van der Waals surface area contributed by atoms with E-state index in [1.807, 2.05) is 0 Å². The number of halogens is 3. The SMILES string of the molecule is C[C@@H](NC(=O)CN(c1ccc(F)c(Cl)c1)S(=O)(=O)c1ccccc1)c1ccc(F)cc1. The average molecular weight is 465 g/mol. The van der Waals surface area contributed by atoms with Gasteiger partial charge in [0.15, 0.2) is 0 Å². The molecule has 1 N–H and O–H groups in total. The summed E-state index contributed by atoms with van der Waals surface area (Å²) >= 11 is 5.84. The molecule has 0 aromatic heterocycles. The van der Waals surface area contributed by atoms with E-state index in [9.17, 15) is 22.0 Å². The summed E-state index contributed by atoms with van der Waals surface area (Å²) in [6.07, 6.45) is 0. The molecule has 0 saturated carbocycles. The van der Waals surface area contributed by atoms with Crippen molar-refractivity contribution in [1.82, 2.24) is 5.32 Å². The van der Waals surface area contributed by atoms with Crippen molar-refractivity contribution in [3.8, 4) is 0 Å². The molecule has 0 bridgehead atoms. The maximum atomic E-state index is 13.6. The Labute approximate surface area is 184 Å². The van der Waals surface area contributed by atoms with Crippen LogP contribution in [0.4, 0.5) is 14.5 Å². The fourth-order valence-corrected chi connectivity index (χ4v) is 4.54. The van der Waals surface area contributed by atoms with Gasteiger partial charge in [0.25, 0.3) is 10.0 Å². The number of nitrogens with zero attached hydrogens (tertiary/aromatic N) is 1. The van der Waals surface area contributed by atoms with Gasteiger partial charge >= 0.3 is 0 Å². The molecule has 9 heteroatoms. The first-order chi connectivity index (χ1) is 14.7. The van der Waals surface area contributed by atoms with Gasteiger partial charge in [-0.1, -0.05) is 41.9 Å². The Hall–Kier alpha value is -2.97. The van der Waals surface area contributed by atoms with Crippen molar-refractivity contribution in [3.05, 3.63) is 95.0 Å². The van der Waals surface area contributed by atoms with Crippen molar-refractivity contribution in [3.63, 3.8) is 0 Å². The van der Waals surface area contributed by atoms with Gasteiger partial charge in [-0.05, 0) is 55.0 Å². The molecule has 1 atom stereocenters. The minimum absolute atomic E-state index is 0.0326. The van der Waals surface area contributed by atoms with Crippen LogP contribution in [0.25, 0.3) is 0 Å². The molecular weight excluding hydrogens is 446 g/mol. The average Bonchev–Trinajstić information content (AvgIpc) is 2.75. The third-order valence-electron chi connectivity index (χ3n) is 4.56. The molecule has 0 aliphatic carbocycles. The van der Waals surface area contributed by atoms with Gasteiger partial charge in [0.05, 0.1) is 21.6 Å². The van der Waals surface area contributed by atoms with Crippen LogP contribution < -0.4 is 9.62 Å². The lowest BCUT2D eigenvalue weighted by Crippen LogP contribution is -2.41. The third-order valence-corrected chi connectivity index (χ3v) is 6.63. The molecule has 0 spiro atoms. The molecular formula is C22H19ClF2N2O3S. The van der Waals surface area contributed by atoms with Crippen LogP contribution in [0.1, 0.15) is 18.5 Å². The Balaban J connectivity index is 1.90. The standard InChI is InChI=1S/C22H19ClF2N2O3S/c1-15(16-7-9-17(24)10-8-16)26-22(28)14-27(18-11-12-21(25)20(23)13-18)31(29,30)19-5-3-2-4-6-19/h2-13,15H,14H2,1H3,(H,26,28)/t15-/m1/s1. The Morgan fingerprint density at radius 2 is 1.68 bits per heavy atom. The summed E-state index contributed by atoms with van der Waals surface area (Å²) in [6.45, 7) is 1.13. The van der Waals surface area contributed by atoms with E-state index in [4.69, 9.17) is 11.6 Å². The molecule has 31 heavy (non-hydrogen) atoms. The third kappa shape index (κ3) is 5.39. The molecule has 0 unspecified atom stereocenters. The second-order valence-corrected chi connectivity index (χ2v) is 9.03. The minimum atomic E-state index is -4.14. The maximum Gasteiger partial charge on any atom is 0.264 e. The van der Waals surface area contributed by atoms with Crippen LogP contribution in [-0.4, -0.2) is 20.9 Å². The molecule has 0 aliphatic heterocycles. The highest BCUT2D eigenvalue weighted by molar-refractivity contribution is 7.92. The molecule has 3 rings (SSSR count). The van der Waals surface area contributed by atoms with Crippen LogP contribution >= 0.6 is 11.6 Å². The van der Waals surface area contributed by atoms with Gasteiger partial charge in [-0.15, -0.1) is 0 Å². The van der Waals surface area contributed by atoms with Crippen molar-refractivity contribution in [1.29, 1.82) is 0 Å². The smallest absolute Gasteiger partial charge is 0.264 e. The number of amides is 1. The summed E-state index contributed by atoms with van der Waals surface area (Å²) in [6, 6.07) is 16.1. The van der Waals surface area contributed by atoms with Crippen molar-refractivity contribution in [2.75, 3.05) is 10.8 Å². The molecule has 0 aliphatic rings. The van der Waals surface area contributed by atoms with Crippen LogP contribution in [0.2, 0.25) is 5.02 Å². The monoisotopic (exact) mass is 464 g/mol. The van der Waals surface area contributed by atoms with E-state index in [1.165, 1.54) is 42.5 Å². The van der Waals surface area contributed by atoms with E-state index in [2.05, 4.69) is 5.32 Å². The van der Waals surface area contributed by atoms with Crippen LogP contribution in [0.3, 0.4) is 0 Å². The molecule has 0 fully saturated rings. The van der Waals surface area contributed by atoms with Gasteiger partial charge in [-0.25, -0.2) is 17.2 Å². The highest BCUT2D eigenvalue weighted by Crippen LogP contribution is 2.27. The lowest BCUT2D eigenvalue weighted by molar-refractivity contribution is -0.120. The summed E-state index contributed by atoms with van der Waals surface area (Å²) in [4.78, 5) is 12.7. The molecule has 162 valence electrons. The fourth-order valence-electron chi connectivity index (χ4n) is 2.93.